The van der Waals surface area contributed by atoms with Gasteiger partial charge in [0.05, 0.1) is 0 Å². The highest BCUT2D eigenvalue weighted by Crippen LogP contribution is 2.52. The lowest BCUT2D eigenvalue weighted by atomic mass is 9.63. The first-order valence-electron chi connectivity index (χ1n) is 7.53. The van der Waals surface area contributed by atoms with Crippen molar-refractivity contribution in [3.05, 3.63) is 28.2 Å². The number of ether oxygens (including phenoxy) is 1. The minimum absolute atomic E-state index is 0.0750. The lowest BCUT2D eigenvalue weighted by molar-refractivity contribution is -0.0571. The third-order valence-electron chi connectivity index (χ3n) is 4.72. The Bertz CT molecular complexity index is 528. The number of rotatable bonds is 0. The molecule has 1 aliphatic heterocycles. The Balaban J connectivity index is 1.97. The quantitative estimate of drug-likeness (QED) is 0.736. The zero-order chi connectivity index (χ0) is 14.5. The van der Waals surface area contributed by atoms with Crippen molar-refractivity contribution in [3.63, 3.8) is 0 Å². The third kappa shape index (κ3) is 2.62. The molecule has 3 heteroatoms. The van der Waals surface area contributed by atoms with Crippen LogP contribution in [-0.2, 0) is 0 Å². The van der Waals surface area contributed by atoms with E-state index in [1.54, 1.807) is 0 Å². The molecule has 1 aromatic carbocycles. The van der Waals surface area contributed by atoms with Gasteiger partial charge < -0.3 is 10.5 Å². The maximum Gasteiger partial charge on any atom is 0.126 e. The summed E-state index contributed by atoms with van der Waals surface area (Å²) < 4.78 is 7.57. The van der Waals surface area contributed by atoms with Gasteiger partial charge in [-0.2, -0.15) is 0 Å². The van der Waals surface area contributed by atoms with Crippen LogP contribution in [0.2, 0.25) is 0 Å². The lowest BCUT2D eigenvalue weighted by Gasteiger charge is -2.50. The molecule has 0 bridgehead atoms. The molecule has 0 radical (unpaired) electrons. The molecule has 3 atom stereocenters. The number of benzene rings is 1. The van der Waals surface area contributed by atoms with Crippen LogP contribution in [0.25, 0.3) is 0 Å². The van der Waals surface area contributed by atoms with E-state index in [4.69, 9.17) is 10.5 Å². The zero-order valence-corrected chi connectivity index (χ0v) is 14.2. The Kier molecular flexibility index (Phi) is 3.41. The van der Waals surface area contributed by atoms with Crippen LogP contribution in [0.5, 0.6) is 5.75 Å². The van der Waals surface area contributed by atoms with E-state index in [-0.39, 0.29) is 11.6 Å². The van der Waals surface area contributed by atoms with Gasteiger partial charge in [-0.25, -0.2) is 0 Å². The van der Waals surface area contributed by atoms with E-state index in [0.29, 0.717) is 11.3 Å². The molecule has 1 aromatic rings. The van der Waals surface area contributed by atoms with Gasteiger partial charge in [-0.1, -0.05) is 42.8 Å². The number of nitrogens with two attached hydrogens (primary N) is 1. The smallest absolute Gasteiger partial charge is 0.126 e. The van der Waals surface area contributed by atoms with Gasteiger partial charge >= 0.3 is 0 Å². The van der Waals surface area contributed by atoms with Gasteiger partial charge in [0.2, 0.25) is 0 Å². The van der Waals surface area contributed by atoms with E-state index in [1.165, 1.54) is 6.42 Å². The van der Waals surface area contributed by atoms with Crippen LogP contribution >= 0.6 is 15.9 Å². The highest BCUT2D eigenvalue weighted by atomic mass is 79.9. The highest BCUT2D eigenvalue weighted by Gasteiger charge is 2.48. The molecule has 1 saturated carbocycles. The molecule has 3 rings (SSSR count). The Morgan fingerprint density at radius 1 is 1.25 bits per heavy atom. The number of fused-ring (bicyclic) bond motifs is 1. The minimum Gasteiger partial charge on any atom is -0.487 e. The van der Waals surface area contributed by atoms with Crippen molar-refractivity contribution in [3.8, 4) is 5.75 Å². The monoisotopic (exact) mass is 337 g/mol. The summed E-state index contributed by atoms with van der Waals surface area (Å²) in [4.78, 5) is 0. The van der Waals surface area contributed by atoms with Crippen LogP contribution in [0, 0.1) is 11.3 Å². The van der Waals surface area contributed by atoms with Gasteiger partial charge in [0, 0.05) is 22.5 Å². The van der Waals surface area contributed by atoms with Crippen molar-refractivity contribution in [2.75, 3.05) is 0 Å². The van der Waals surface area contributed by atoms with Crippen LogP contribution in [0.15, 0.2) is 22.7 Å². The summed E-state index contributed by atoms with van der Waals surface area (Å²) in [5.74, 6) is 1.67. The second kappa shape index (κ2) is 4.74. The van der Waals surface area contributed by atoms with E-state index in [9.17, 15) is 0 Å². The molecule has 2 unspecified atom stereocenters. The lowest BCUT2D eigenvalue weighted by Crippen LogP contribution is -2.50. The van der Waals surface area contributed by atoms with E-state index in [0.717, 1.165) is 35.0 Å². The zero-order valence-electron chi connectivity index (χ0n) is 12.6. The molecule has 2 N–H and O–H groups in total. The predicted octanol–water partition coefficient (Wildman–Crippen LogP) is 4.82. The molecule has 0 amide bonds. The van der Waals surface area contributed by atoms with Crippen LogP contribution in [0.1, 0.15) is 58.1 Å². The van der Waals surface area contributed by atoms with E-state index in [1.807, 2.05) is 6.07 Å². The molecule has 2 aliphatic rings. The second-order valence-corrected chi connectivity index (χ2v) is 8.55. The van der Waals surface area contributed by atoms with Crippen LogP contribution < -0.4 is 10.5 Å². The molecule has 110 valence electrons. The summed E-state index contributed by atoms with van der Waals surface area (Å²) in [6.45, 7) is 7.05. The van der Waals surface area contributed by atoms with Gasteiger partial charge in [-0.15, -0.1) is 0 Å². The number of hydrogen-bond acceptors (Lipinski definition) is 2. The first kappa shape index (κ1) is 14.4. The fraction of sp³-hybridized carbons (Fsp3) is 0.647. The molecule has 0 saturated heterocycles. The van der Waals surface area contributed by atoms with Crippen molar-refractivity contribution >= 4 is 15.9 Å². The highest BCUT2D eigenvalue weighted by molar-refractivity contribution is 9.10. The summed E-state index contributed by atoms with van der Waals surface area (Å²) in [5, 5.41) is 0. The Morgan fingerprint density at radius 2 is 2.00 bits per heavy atom. The fourth-order valence-electron chi connectivity index (χ4n) is 4.59. The normalized spacial score (nSPS) is 35.5. The van der Waals surface area contributed by atoms with Crippen LogP contribution in [0.3, 0.4) is 0 Å². The molecule has 1 aliphatic carbocycles. The number of hydrogen-bond donors (Lipinski definition) is 1. The number of halogens is 1. The van der Waals surface area contributed by atoms with Gasteiger partial charge in [-0.05, 0) is 42.7 Å². The molecule has 1 fully saturated rings. The van der Waals surface area contributed by atoms with Gasteiger partial charge in [0.25, 0.3) is 0 Å². The van der Waals surface area contributed by atoms with Crippen molar-refractivity contribution < 1.29 is 4.74 Å². The average molecular weight is 338 g/mol. The topological polar surface area (TPSA) is 35.2 Å². The molecule has 2 nitrogen and oxygen atoms in total. The Labute approximate surface area is 130 Å². The summed E-state index contributed by atoms with van der Waals surface area (Å²) in [5.41, 5.74) is 7.85. The van der Waals surface area contributed by atoms with Crippen molar-refractivity contribution in [2.24, 2.45) is 17.1 Å². The SMILES string of the molecule is CC1CC(C)(C)CC2(C1)C[C@H](N)c1ccc(Br)cc1O2. The maximum absolute atomic E-state index is 6.51. The summed E-state index contributed by atoms with van der Waals surface area (Å²) in [6, 6.07) is 6.30. The predicted molar refractivity (Wildman–Crippen MR) is 85.8 cm³/mol. The average Bonchev–Trinajstić information content (AvgIpc) is 2.23. The molecule has 0 aromatic heterocycles. The Hall–Kier alpha value is -0.540. The summed E-state index contributed by atoms with van der Waals surface area (Å²) in [7, 11) is 0. The standard InChI is InChI=1S/C17H24BrNO/c1-11-7-16(2,3)10-17(8-11)9-14(19)13-5-4-12(18)6-15(13)20-17/h4-6,11,14H,7-10,19H2,1-3H3/t11?,14-,17?/m0/s1. The van der Waals surface area contributed by atoms with Crippen LogP contribution in [0.4, 0.5) is 0 Å². The Morgan fingerprint density at radius 3 is 2.70 bits per heavy atom. The van der Waals surface area contributed by atoms with Crippen molar-refractivity contribution in [1.82, 2.24) is 0 Å². The first-order valence-corrected chi connectivity index (χ1v) is 8.32. The molecule has 20 heavy (non-hydrogen) atoms. The van der Waals surface area contributed by atoms with Crippen molar-refractivity contribution in [2.45, 2.75) is 58.1 Å². The molecule has 1 spiro atoms. The van der Waals surface area contributed by atoms with E-state index in [2.05, 4.69) is 48.8 Å². The summed E-state index contributed by atoms with van der Waals surface area (Å²) in [6.07, 6.45) is 4.44. The fourth-order valence-corrected chi connectivity index (χ4v) is 4.93. The summed E-state index contributed by atoms with van der Waals surface area (Å²) >= 11 is 3.54. The first-order chi connectivity index (χ1) is 9.29. The van der Waals surface area contributed by atoms with E-state index < -0.39 is 0 Å². The van der Waals surface area contributed by atoms with Gasteiger partial charge in [0.15, 0.2) is 0 Å². The molecular weight excluding hydrogens is 314 g/mol. The minimum atomic E-state index is -0.0750. The maximum atomic E-state index is 6.51. The van der Waals surface area contributed by atoms with Gasteiger partial charge in [0.1, 0.15) is 11.4 Å². The van der Waals surface area contributed by atoms with Crippen LogP contribution in [-0.4, -0.2) is 5.60 Å². The van der Waals surface area contributed by atoms with E-state index >= 15 is 0 Å². The van der Waals surface area contributed by atoms with Crippen molar-refractivity contribution in [1.29, 1.82) is 0 Å². The molecular formula is C17H24BrNO. The van der Waals surface area contributed by atoms with Gasteiger partial charge in [-0.3, -0.25) is 0 Å². The third-order valence-corrected chi connectivity index (χ3v) is 5.21. The largest absolute Gasteiger partial charge is 0.487 e. The second-order valence-electron chi connectivity index (χ2n) is 7.63. The molecule has 1 heterocycles.